The highest BCUT2D eigenvalue weighted by atomic mass is 32.2. The van der Waals surface area contributed by atoms with Gasteiger partial charge in [0, 0.05) is 0 Å². The molecule has 0 aliphatic carbocycles. The quantitative estimate of drug-likeness (QED) is 0.442. The Morgan fingerprint density at radius 3 is 2.53 bits per heavy atom. The molecule has 1 atom stereocenters. The lowest BCUT2D eigenvalue weighted by atomic mass is 10.2. The van der Waals surface area contributed by atoms with E-state index in [1.807, 2.05) is 30.3 Å². The maximum Gasteiger partial charge on any atom is 0.326 e. The largest absolute Gasteiger partial charge is 0.481 e. The number of carboxylic acid groups (broad SMARTS) is 1. The summed E-state index contributed by atoms with van der Waals surface area (Å²) in [6.45, 7) is 0. The number of carboxylic acids is 1. The maximum absolute atomic E-state index is 10.6. The molecule has 6 nitrogen and oxygen atoms in total. The number of hydrogen-bond acceptors (Lipinski definition) is 4. The van der Waals surface area contributed by atoms with Crippen molar-refractivity contribution >= 4 is 23.8 Å². The SMILES string of the molecule is NC(=O)NNC(SCC(=O)O)c1ccccc1. The van der Waals surface area contributed by atoms with E-state index in [2.05, 4.69) is 10.9 Å². The molecule has 0 aliphatic heterocycles. The minimum absolute atomic E-state index is 0.0764. The van der Waals surface area contributed by atoms with Crippen LogP contribution >= 0.6 is 11.8 Å². The second-order valence-electron chi connectivity index (χ2n) is 3.13. The van der Waals surface area contributed by atoms with Gasteiger partial charge in [0.25, 0.3) is 0 Å². The van der Waals surface area contributed by atoms with Gasteiger partial charge in [0.2, 0.25) is 0 Å². The van der Waals surface area contributed by atoms with E-state index in [1.54, 1.807) is 0 Å². The highest BCUT2D eigenvalue weighted by Gasteiger charge is 2.13. The van der Waals surface area contributed by atoms with Crippen LogP contribution in [-0.2, 0) is 4.79 Å². The lowest BCUT2D eigenvalue weighted by Gasteiger charge is -2.17. The maximum atomic E-state index is 10.6. The lowest BCUT2D eigenvalue weighted by Crippen LogP contribution is -2.42. The van der Waals surface area contributed by atoms with Crippen molar-refractivity contribution in [3.8, 4) is 0 Å². The predicted molar refractivity (Wildman–Crippen MR) is 65.1 cm³/mol. The molecule has 0 fully saturated rings. The number of rotatable bonds is 6. The third-order valence-corrected chi connectivity index (χ3v) is 2.94. The molecule has 2 amide bonds. The normalized spacial score (nSPS) is 11.8. The number of aliphatic carboxylic acids is 1. The first-order valence-electron chi connectivity index (χ1n) is 4.79. The fourth-order valence-corrected chi connectivity index (χ4v) is 1.94. The second-order valence-corrected chi connectivity index (χ2v) is 4.22. The molecule has 0 bridgehead atoms. The molecule has 0 saturated carbocycles. The molecule has 0 radical (unpaired) electrons. The summed E-state index contributed by atoms with van der Waals surface area (Å²) < 4.78 is 0. The number of hydrazine groups is 1. The first-order chi connectivity index (χ1) is 8.09. The number of primary amides is 1. The van der Waals surface area contributed by atoms with Gasteiger partial charge in [0.1, 0.15) is 0 Å². The van der Waals surface area contributed by atoms with Gasteiger partial charge in [-0.3, -0.25) is 10.2 Å². The van der Waals surface area contributed by atoms with Crippen LogP contribution in [0.15, 0.2) is 30.3 Å². The van der Waals surface area contributed by atoms with Gasteiger partial charge in [-0.1, -0.05) is 30.3 Å². The number of nitrogens with two attached hydrogens (primary N) is 1. The lowest BCUT2D eigenvalue weighted by molar-refractivity contribution is -0.133. The molecule has 5 N–H and O–H groups in total. The summed E-state index contributed by atoms with van der Waals surface area (Å²) in [6.07, 6.45) is 0. The van der Waals surface area contributed by atoms with E-state index in [0.29, 0.717) is 0 Å². The molecular formula is C10H13N3O3S. The second kappa shape index (κ2) is 6.77. The fourth-order valence-electron chi connectivity index (χ4n) is 1.14. The van der Waals surface area contributed by atoms with Crippen LogP contribution in [0.4, 0.5) is 4.79 Å². The van der Waals surface area contributed by atoms with E-state index >= 15 is 0 Å². The highest BCUT2D eigenvalue weighted by Crippen LogP contribution is 2.24. The summed E-state index contributed by atoms with van der Waals surface area (Å²) in [4.78, 5) is 21.1. The van der Waals surface area contributed by atoms with Crippen molar-refractivity contribution in [2.24, 2.45) is 5.73 Å². The Morgan fingerprint density at radius 2 is 2.00 bits per heavy atom. The molecule has 1 aromatic carbocycles. The number of carbonyl (C=O) groups excluding carboxylic acids is 1. The minimum atomic E-state index is -0.920. The summed E-state index contributed by atoms with van der Waals surface area (Å²) in [7, 11) is 0. The van der Waals surface area contributed by atoms with Crippen molar-refractivity contribution in [2.45, 2.75) is 5.37 Å². The zero-order valence-electron chi connectivity index (χ0n) is 8.92. The van der Waals surface area contributed by atoms with E-state index in [1.165, 1.54) is 0 Å². The number of nitrogens with one attached hydrogen (secondary N) is 2. The smallest absolute Gasteiger partial charge is 0.326 e. The van der Waals surface area contributed by atoms with Crippen molar-refractivity contribution in [2.75, 3.05) is 5.75 Å². The Balaban J connectivity index is 2.64. The molecule has 1 aromatic rings. The molecule has 1 unspecified atom stereocenters. The van der Waals surface area contributed by atoms with Crippen LogP contribution in [-0.4, -0.2) is 22.9 Å². The molecule has 0 aliphatic rings. The zero-order chi connectivity index (χ0) is 12.7. The van der Waals surface area contributed by atoms with E-state index in [9.17, 15) is 9.59 Å². The summed E-state index contributed by atoms with van der Waals surface area (Å²) >= 11 is 1.14. The van der Waals surface area contributed by atoms with E-state index in [-0.39, 0.29) is 11.1 Å². The molecule has 92 valence electrons. The highest BCUT2D eigenvalue weighted by molar-refractivity contribution is 8.00. The van der Waals surface area contributed by atoms with Gasteiger partial charge in [0.05, 0.1) is 11.1 Å². The number of carbonyl (C=O) groups is 2. The zero-order valence-corrected chi connectivity index (χ0v) is 9.74. The standard InChI is InChI=1S/C10H13N3O3S/c11-10(16)13-12-9(17-6-8(14)15)7-4-2-1-3-5-7/h1-5,9,12H,6H2,(H,14,15)(H3,11,13,16). The van der Waals surface area contributed by atoms with Crippen molar-refractivity contribution < 1.29 is 14.7 Å². The van der Waals surface area contributed by atoms with Crippen molar-refractivity contribution in [1.29, 1.82) is 0 Å². The van der Waals surface area contributed by atoms with Crippen LogP contribution in [0.3, 0.4) is 0 Å². The van der Waals surface area contributed by atoms with Gasteiger partial charge in [-0.05, 0) is 5.56 Å². The summed E-state index contributed by atoms with van der Waals surface area (Å²) in [5, 5.41) is 8.26. The molecule has 0 spiro atoms. The monoisotopic (exact) mass is 255 g/mol. The summed E-state index contributed by atoms with van der Waals surface area (Å²) in [6, 6.07) is 8.45. The van der Waals surface area contributed by atoms with Crippen LogP contribution < -0.4 is 16.6 Å². The van der Waals surface area contributed by atoms with Gasteiger partial charge in [-0.2, -0.15) is 0 Å². The molecule has 1 rings (SSSR count). The van der Waals surface area contributed by atoms with Gasteiger partial charge in [-0.15, -0.1) is 11.8 Å². The van der Waals surface area contributed by atoms with Crippen LogP contribution in [0.25, 0.3) is 0 Å². The summed E-state index contributed by atoms with van der Waals surface area (Å²) in [5.74, 6) is -0.996. The van der Waals surface area contributed by atoms with Crippen LogP contribution in [0.5, 0.6) is 0 Å². The van der Waals surface area contributed by atoms with E-state index < -0.39 is 12.0 Å². The number of hydrogen-bond donors (Lipinski definition) is 4. The number of benzene rings is 1. The van der Waals surface area contributed by atoms with E-state index in [4.69, 9.17) is 10.8 Å². The van der Waals surface area contributed by atoms with Crippen molar-refractivity contribution in [3.63, 3.8) is 0 Å². The first-order valence-corrected chi connectivity index (χ1v) is 5.84. The molecule has 0 heterocycles. The van der Waals surface area contributed by atoms with Crippen LogP contribution in [0, 0.1) is 0 Å². The Morgan fingerprint density at radius 1 is 1.35 bits per heavy atom. The Labute approximate surface area is 103 Å². The first kappa shape index (κ1) is 13.3. The van der Waals surface area contributed by atoms with Crippen LogP contribution in [0.2, 0.25) is 0 Å². The van der Waals surface area contributed by atoms with Crippen molar-refractivity contribution in [1.82, 2.24) is 10.9 Å². The van der Waals surface area contributed by atoms with Crippen molar-refractivity contribution in [3.05, 3.63) is 35.9 Å². The van der Waals surface area contributed by atoms with Gasteiger partial charge in [-0.25, -0.2) is 10.2 Å². The number of urea groups is 1. The third kappa shape index (κ3) is 5.23. The number of thioether (sulfide) groups is 1. The van der Waals surface area contributed by atoms with Gasteiger partial charge >= 0.3 is 12.0 Å². The third-order valence-electron chi connectivity index (χ3n) is 1.80. The molecular weight excluding hydrogens is 242 g/mol. The Kier molecular flexibility index (Phi) is 5.31. The average molecular weight is 255 g/mol. The minimum Gasteiger partial charge on any atom is -0.481 e. The van der Waals surface area contributed by atoms with Crippen LogP contribution in [0.1, 0.15) is 10.9 Å². The Bertz CT molecular complexity index is 368. The predicted octanol–water partition coefficient (Wildman–Crippen LogP) is 0.676. The summed E-state index contributed by atoms with van der Waals surface area (Å²) in [5.41, 5.74) is 10.7. The average Bonchev–Trinajstić information content (AvgIpc) is 2.29. The molecule has 0 aromatic heterocycles. The van der Waals surface area contributed by atoms with Gasteiger partial charge < -0.3 is 10.8 Å². The Hall–Kier alpha value is -1.73. The topological polar surface area (TPSA) is 104 Å². The van der Waals surface area contributed by atoms with Gasteiger partial charge in [0.15, 0.2) is 0 Å². The molecule has 7 heteroatoms. The molecule has 17 heavy (non-hydrogen) atoms. The van der Waals surface area contributed by atoms with E-state index in [0.717, 1.165) is 17.3 Å². The number of amides is 2. The molecule has 0 saturated heterocycles. The fraction of sp³-hybridized carbons (Fsp3) is 0.200.